The van der Waals surface area contributed by atoms with Crippen molar-refractivity contribution in [2.24, 2.45) is 5.10 Å². The third-order valence-electron chi connectivity index (χ3n) is 3.46. The van der Waals surface area contributed by atoms with Crippen LogP contribution < -0.4 is 10.2 Å². The first-order chi connectivity index (χ1) is 11.8. The van der Waals surface area contributed by atoms with Gasteiger partial charge in [-0.15, -0.1) is 0 Å². The molecule has 2 aromatic carbocycles. The van der Waals surface area contributed by atoms with E-state index in [9.17, 15) is 9.90 Å². The number of carbonyl (C=O) groups excluding carboxylic acids is 1. The molecule has 0 radical (unpaired) electrons. The van der Waals surface area contributed by atoms with E-state index in [4.69, 9.17) is 4.74 Å². The van der Waals surface area contributed by atoms with Crippen molar-refractivity contribution in [3.8, 4) is 11.5 Å². The van der Waals surface area contributed by atoms with Crippen molar-refractivity contribution in [3.63, 3.8) is 0 Å². The fourth-order valence-corrected chi connectivity index (χ4v) is 2.55. The van der Waals surface area contributed by atoms with Crippen LogP contribution >= 0.6 is 22.6 Å². The second kappa shape index (κ2) is 8.33. The molecule has 0 aliphatic heterocycles. The zero-order chi connectivity index (χ0) is 18.4. The number of amides is 1. The summed E-state index contributed by atoms with van der Waals surface area (Å²) in [5, 5.41) is 13.3. The number of ether oxygens (including phenoxy) is 1. The lowest BCUT2D eigenvalue weighted by Crippen LogP contribution is -2.24. The molecule has 0 fully saturated rings. The summed E-state index contributed by atoms with van der Waals surface area (Å²) in [4.78, 5) is 11.8. The number of phenols is 1. The van der Waals surface area contributed by atoms with Crippen LogP contribution in [0.1, 0.15) is 31.9 Å². The lowest BCUT2D eigenvalue weighted by molar-refractivity contribution is -0.123. The first-order valence-corrected chi connectivity index (χ1v) is 8.87. The summed E-state index contributed by atoms with van der Waals surface area (Å²) >= 11 is 2.02. The van der Waals surface area contributed by atoms with Crippen LogP contribution in [0.3, 0.4) is 0 Å². The molecule has 6 heteroatoms. The van der Waals surface area contributed by atoms with E-state index in [0.29, 0.717) is 5.75 Å². The molecule has 0 aliphatic rings. The first-order valence-electron chi connectivity index (χ1n) is 7.79. The fraction of sp³-hybridized carbons (Fsp3) is 0.263. The van der Waals surface area contributed by atoms with E-state index < -0.39 is 0 Å². The maximum absolute atomic E-state index is 11.8. The maximum atomic E-state index is 11.8. The standard InChI is InChI=1S/C19H21IN2O3/c1-19(2,3)14-5-7-15(8-6-14)25-12-18(24)22-21-11-13-4-9-17(23)16(20)10-13/h4-11,23H,12H2,1-3H3,(H,22,24)/b21-11-. The average Bonchev–Trinajstić information content (AvgIpc) is 2.56. The van der Waals surface area contributed by atoms with Gasteiger partial charge in [-0.2, -0.15) is 5.10 Å². The number of nitrogens with zero attached hydrogens (tertiary/aromatic N) is 1. The van der Waals surface area contributed by atoms with Crippen molar-refractivity contribution in [3.05, 3.63) is 57.2 Å². The molecule has 0 unspecified atom stereocenters. The first kappa shape index (κ1) is 19.2. The Morgan fingerprint density at radius 1 is 1.24 bits per heavy atom. The molecule has 1 amide bonds. The van der Waals surface area contributed by atoms with Gasteiger partial charge >= 0.3 is 0 Å². The van der Waals surface area contributed by atoms with Gasteiger partial charge in [0.05, 0.1) is 9.78 Å². The molecule has 0 aliphatic carbocycles. The second-order valence-electron chi connectivity index (χ2n) is 6.57. The molecule has 5 nitrogen and oxygen atoms in total. The number of aromatic hydroxyl groups is 1. The van der Waals surface area contributed by atoms with Gasteiger partial charge in [-0.3, -0.25) is 4.79 Å². The zero-order valence-electron chi connectivity index (χ0n) is 14.4. The van der Waals surface area contributed by atoms with Crippen molar-refractivity contribution in [2.75, 3.05) is 6.61 Å². The lowest BCUT2D eigenvalue weighted by Gasteiger charge is -2.19. The Labute approximate surface area is 161 Å². The van der Waals surface area contributed by atoms with Crippen molar-refractivity contribution >= 4 is 34.7 Å². The Morgan fingerprint density at radius 2 is 1.92 bits per heavy atom. The van der Waals surface area contributed by atoms with Gasteiger partial charge in [0.15, 0.2) is 6.61 Å². The van der Waals surface area contributed by atoms with Crippen molar-refractivity contribution < 1.29 is 14.6 Å². The monoisotopic (exact) mass is 452 g/mol. The van der Waals surface area contributed by atoms with Crippen LogP contribution in [-0.4, -0.2) is 23.8 Å². The van der Waals surface area contributed by atoms with Crippen molar-refractivity contribution in [1.29, 1.82) is 0 Å². The molecule has 0 bridgehead atoms. The SMILES string of the molecule is CC(C)(C)c1ccc(OCC(=O)N/N=C\c2ccc(O)c(I)c2)cc1. The van der Waals surface area contributed by atoms with Crippen molar-refractivity contribution in [1.82, 2.24) is 5.43 Å². The number of nitrogens with one attached hydrogen (secondary N) is 1. The van der Waals surface area contributed by atoms with Crippen molar-refractivity contribution in [2.45, 2.75) is 26.2 Å². The Morgan fingerprint density at radius 3 is 2.52 bits per heavy atom. The molecule has 0 atom stereocenters. The molecule has 2 rings (SSSR count). The number of benzene rings is 2. The molecule has 2 aromatic rings. The van der Waals surface area contributed by atoms with E-state index in [1.165, 1.54) is 11.8 Å². The van der Waals surface area contributed by atoms with Gasteiger partial charge in [0.1, 0.15) is 11.5 Å². The smallest absolute Gasteiger partial charge is 0.277 e. The summed E-state index contributed by atoms with van der Waals surface area (Å²) in [6.45, 7) is 6.32. The normalized spacial score (nSPS) is 11.5. The highest BCUT2D eigenvalue weighted by Gasteiger charge is 2.13. The highest BCUT2D eigenvalue weighted by atomic mass is 127. The molecule has 0 saturated carbocycles. The highest BCUT2D eigenvalue weighted by Crippen LogP contribution is 2.24. The summed E-state index contributed by atoms with van der Waals surface area (Å²) in [6.07, 6.45) is 1.51. The predicted octanol–water partition coefficient (Wildman–Crippen LogP) is 3.82. The van der Waals surface area contributed by atoms with Gasteiger partial charge in [-0.1, -0.05) is 32.9 Å². The Balaban J connectivity index is 1.82. The molecule has 2 N–H and O–H groups in total. The number of hydrazone groups is 1. The molecular formula is C19H21IN2O3. The second-order valence-corrected chi connectivity index (χ2v) is 7.73. The largest absolute Gasteiger partial charge is 0.507 e. The summed E-state index contributed by atoms with van der Waals surface area (Å²) in [7, 11) is 0. The summed E-state index contributed by atoms with van der Waals surface area (Å²) in [6, 6.07) is 12.8. The topological polar surface area (TPSA) is 70.9 Å². The third-order valence-corrected chi connectivity index (χ3v) is 4.33. The van der Waals surface area contributed by atoms with Crippen LogP contribution in [0, 0.1) is 3.57 Å². The average molecular weight is 452 g/mol. The Kier molecular flexibility index (Phi) is 6.41. The predicted molar refractivity (Wildman–Crippen MR) is 107 cm³/mol. The van der Waals surface area contributed by atoms with Gasteiger partial charge < -0.3 is 9.84 Å². The fourth-order valence-electron chi connectivity index (χ4n) is 2.01. The quantitative estimate of drug-likeness (QED) is 0.412. The van der Waals surface area contributed by atoms with Crippen LogP contribution in [-0.2, 0) is 10.2 Å². The third kappa shape index (κ3) is 6.04. The minimum absolute atomic E-state index is 0.0800. The minimum atomic E-state index is -0.343. The van der Waals surface area contributed by atoms with Gasteiger partial charge in [0.25, 0.3) is 5.91 Å². The van der Waals surface area contributed by atoms with E-state index >= 15 is 0 Å². The zero-order valence-corrected chi connectivity index (χ0v) is 16.6. The van der Waals surface area contributed by atoms with E-state index in [-0.39, 0.29) is 23.7 Å². The van der Waals surface area contributed by atoms with Gasteiger partial charge in [0.2, 0.25) is 0 Å². The number of phenolic OH excluding ortho intramolecular Hbond substituents is 1. The van der Waals surface area contributed by atoms with Gasteiger partial charge in [-0.05, 0) is 69.5 Å². The molecule has 0 spiro atoms. The number of hydrogen-bond acceptors (Lipinski definition) is 4. The number of hydrogen-bond donors (Lipinski definition) is 2. The van der Waals surface area contributed by atoms with Crippen LogP contribution in [0.5, 0.6) is 11.5 Å². The van der Waals surface area contributed by atoms with E-state index in [1.807, 2.05) is 46.9 Å². The van der Waals surface area contributed by atoms with Crippen LogP contribution in [0.15, 0.2) is 47.6 Å². The maximum Gasteiger partial charge on any atom is 0.277 e. The lowest BCUT2D eigenvalue weighted by atomic mass is 9.87. The summed E-state index contributed by atoms with van der Waals surface area (Å²) in [5.74, 6) is 0.512. The molecular weight excluding hydrogens is 431 g/mol. The minimum Gasteiger partial charge on any atom is -0.507 e. The van der Waals surface area contributed by atoms with E-state index in [1.54, 1.807) is 18.2 Å². The van der Waals surface area contributed by atoms with E-state index in [2.05, 4.69) is 31.3 Å². The van der Waals surface area contributed by atoms with E-state index in [0.717, 1.165) is 9.13 Å². The molecule has 0 saturated heterocycles. The summed E-state index contributed by atoms with van der Waals surface area (Å²) < 4.78 is 6.17. The molecule has 132 valence electrons. The number of halogens is 1. The molecule has 0 aromatic heterocycles. The van der Waals surface area contributed by atoms with Crippen LogP contribution in [0.4, 0.5) is 0 Å². The number of carbonyl (C=O) groups is 1. The van der Waals surface area contributed by atoms with Gasteiger partial charge in [0, 0.05) is 0 Å². The van der Waals surface area contributed by atoms with Gasteiger partial charge in [-0.25, -0.2) is 5.43 Å². The number of rotatable bonds is 5. The molecule has 25 heavy (non-hydrogen) atoms. The van der Waals surface area contributed by atoms with Crippen LogP contribution in [0.25, 0.3) is 0 Å². The Bertz CT molecular complexity index is 765. The van der Waals surface area contributed by atoms with Crippen LogP contribution in [0.2, 0.25) is 0 Å². The molecule has 0 heterocycles. The Hall–Kier alpha value is -2.09. The highest BCUT2D eigenvalue weighted by molar-refractivity contribution is 14.1. The summed E-state index contributed by atoms with van der Waals surface area (Å²) in [5.41, 5.74) is 4.48.